The molecule has 0 unspecified atom stereocenters. The van der Waals surface area contributed by atoms with Crippen LogP contribution in [0.15, 0.2) is 60.7 Å². The molecule has 6 nitrogen and oxygen atoms in total. The van der Waals surface area contributed by atoms with E-state index in [2.05, 4.69) is 0 Å². The van der Waals surface area contributed by atoms with Crippen molar-refractivity contribution in [3.63, 3.8) is 0 Å². The third-order valence-corrected chi connectivity index (χ3v) is 5.70. The van der Waals surface area contributed by atoms with Gasteiger partial charge in [-0.3, -0.25) is 9.59 Å². The lowest BCUT2D eigenvalue weighted by molar-refractivity contribution is -0.135. The Kier molecular flexibility index (Phi) is 6.64. The van der Waals surface area contributed by atoms with Crippen LogP contribution in [0.5, 0.6) is 5.75 Å². The fourth-order valence-electron chi connectivity index (χ4n) is 4.12. The average molecular weight is 408 g/mol. The van der Waals surface area contributed by atoms with Gasteiger partial charge in [0.2, 0.25) is 11.8 Å². The molecule has 2 saturated heterocycles. The second-order valence-electron chi connectivity index (χ2n) is 7.80. The van der Waals surface area contributed by atoms with E-state index in [1.54, 1.807) is 0 Å². The van der Waals surface area contributed by atoms with E-state index in [-0.39, 0.29) is 24.0 Å². The lowest BCUT2D eigenvalue weighted by Crippen LogP contribution is -2.45. The maximum absolute atomic E-state index is 12.7. The molecule has 0 bridgehead atoms. The van der Waals surface area contributed by atoms with Gasteiger partial charge in [0.1, 0.15) is 5.75 Å². The third kappa shape index (κ3) is 5.00. The molecule has 2 fully saturated rings. The molecular formula is C24H28N2O4. The van der Waals surface area contributed by atoms with Crippen LogP contribution in [0, 0.1) is 0 Å². The number of hydrogen-bond donors (Lipinski definition) is 0. The molecule has 0 aliphatic carbocycles. The molecule has 0 aromatic heterocycles. The van der Waals surface area contributed by atoms with Crippen molar-refractivity contribution in [1.29, 1.82) is 0 Å². The van der Waals surface area contributed by atoms with E-state index < -0.39 is 0 Å². The summed E-state index contributed by atoms with van der Waals surface area (Å²) in [5.74, 6) is 1.00. The van der Waals surface area contributed by atoms with Crippen LogP contribution in [0.25, 0.3) is 0 Å². The van der Waals surface area contributed by atoms with Gasteiger partial charge < -0.3 is 19.3 Å². The molecule has 2 aromatic carbocycles. The summed E-state index contributed by atoms with van der Waals surface area (Å²) >= 11 is 0. The van der Waals surface area contributed by atoms with Gasteiger partial charge in [-0.1, -0.05) is 48.5 Å². The fourth-order valence-corrected chi connectivity index (χ4v) is 4.12. The van der Waals surface area contributed by atoms with Crippen LogP contribution in [-0.4, -0.2) is 60.1 Å². The van der Waals surface area contributed by atoms with E-state index in [0.717, 1.165) is 11.3 Å². The lowest BCUT2D eigenvalue weighted by atomic mass is 10.1. The SMILES string of the molecule is O=C(CCCOc1ccccc1)N1C[C@@H]2OCCC(=O)N(Cc3ccccc3)[C@H]2C1. The highest BCUT2D eigenvalue weighted by Crippen LogP contribution is 2.25. The molecule has 0 saturated carbocycles. The van der Waals surface area contributed by atoms with E-state index in [0.29, 0.717) is 52.1 Å². The molecule has 30 heavy (non-hydrogen) atoms. The van der Waals surface area contributed by atoms with Crippen molar-refractivity contribution in [3.05, 3.63) is 66.2 Å². The summed E-state index contributed by atoms with van der Waals surface area (Å²) in [4.78, 5) is 29.2. The molecular weight excluding hydrogens is 380 g/mol. The predicted molar refractivity (Wildman–Crippen MR) is 113 cm³/mol. The van der Waals surface area contributed by atoms with Crippen LogP contribution in [0.1, 0.15) is 24.8 Å². The molecule has 4 rings (SSSR count). The average Bonchev–Trinajstić information content (AvgIpc) is 3.14. The van der Waals surface area contributed by atoms with Gasteiger partial charge in [-0.25, -0.2) is 0 Å². The van der Waals surface area contributed by atoms with E-state index in [4.69, 9.17) is 9.47 Å². The number of hydrogen-bond acceptors (Lipinski definition) is 4. The Bertz CT molecular complexity index is 843. The van der Waals surface area contributed by atoms with E-state index in [1.807, 2.05) is 70.5 Å². The molecule has 2 heterocycles. The molecule has 2 amide bonds. The van der Waals surface area contributed by atoms with Gasteiger partial charge >= 0.3 is 0 Å². The number of amides is 2. The summed E-state index contributed by atoms with van der Waals surface area (Å²) in [6.45, 7) is 2.55. The third-order valence-electron chi connectivity index (χ3n) is 5.70. The Morgan fingerprint density at radius 2 is 1.77 bits per heavy atom. The van der Waals surface area contributed by atoms with Crippen molar-refractivity contribution >= 4 is 11.8 Å². The minimum Gasteiger partial charge on any atom is -0.494 e. The van der Waals surface area contributed by atoms with E-state index >= 15 is 0 Å². The van der Waals surface area contributed by atoms with Gasteiger partial charge in [0, 0.05) is 26.1 Å². The molecule has 2 aliphatic heterocycles. The summed E-state index contributed by atoms with van der Waals surface area (Å²) in [7, 11) is 0. The van der Waals surface area contributed by atoms with Crippen LogP contribution >= 0.6 is 0 Å². The Morgan fingerprint density at radius 3 is 2.53 bits per heavy atom. The van der Waals surface area contributed by atoms with Crippen LogP contribution in [0.3, 0.4) is 0 Å². The fraction of sp³-hybridized carbons (Fsp3) is 0.417. The van der Waals surface area contributed by atoms with Gasteiger partial charge in [-0.2, -0.15) is 0 Å². The second-order valence-corrected chi connectivity index (χ2v) is 7.80. The summed E-state index contributed by atoms with van der Waals surface area (Å²) < 4.78 is 11.6. The number of likely N-dealkylation sites (tertiary alicyclic amines) is 1. The number of carbonyl (C=O) groups is 2. The monoisotopic (exact) mass is 408 g/mol. The topological polar surface area (TPSA) is 59.1 Å². The van der Waals surface area contributed by atoms with E-state index in [9.17, 15) is 9.59 Å². The van der Waals surface area contributed by atoms with Crippen LogP contribution in [0.2, 0.25) is 0 Å². The molecule has 0 spiro atoms. The Balaban J connectivity index is 1.32. The van der Waals surface area contributed by atoms with Gasteiger partial charge in [-0.05, 0) is 24.1 Å². The zero-order valence-corrected chi connectivity index (χ0v) is 17.1. The summed E-state index contributed by atoms with van der Waals surface area (Å²) in [5, 5.41) is 0. The number of nitrogens with zero attached hydrogens (tertiary/aromatic N) is 2. The van der Waals surface area contributed by atoms with Crippen molar-refractivity contribution in [1.82, 2.24) is 9.80 Å². The predicted octanol–water partition coefficient (Wildman–Crippen LogP) is 2.87. The Hall–Kier alpha value is -2.86. The molecule has 2 aromatic rings. The van der Waals surface area contributed by atoms with Gasteiger partial charge in [0.15, 0.2) is 0 Å². The first-order chi connectivity index (χ1) is 14.7. The van der Waals surface area contributed by atoms with Crippen molar-refractivity contribution in [2.24, 2.45) is 0 Å². The Labute approximate surface area is 177 Å². The number of fused-ring (bicyclic) bond motifs is 1. The molecule has 158 valence electrons. The number of para-hydroxylation sites is 1. The first kappa shape index (κ1) is 20.4. The minimum atomic E-state index is -0.121. The minimum absolute atomic E-state index is 0.0928. The van der Waals surface area contributed by atoms with Gasteiger partial charge in [-0.15, -0.1) is 0 Å². The number of ether oxygens (including phenoxy) is 2. The summed E-state index contributed by atoms with van der Waals surface area (Å²) in [5.41, 5.74) is 1.09. The normalized spacial score (nSPS) is 21.3. The highest BCUT2D eigenvalue weighted by molar-refractivity contribution is 5.79. The van der Waals surface area contributed by atoms with Crippen molar-refractivity contribution < 1.29 is 19.1 Å². The maximum atomic E-state index is 12.7. The number of carbonyl (C=O) groups excluding carboxylic acids is 2. The van der Waals surface area contributed by atoms with E-state index in [1.165, 1.54) is 0 Å². The van der Waals surface area contributed by atoms with Crippen molar-refractivity contribution in [2.75, 3.05) is 26.3 Å². The number of rotatable bonds is 7. The summed E-state index contributed by atoms with van der Waals surface area (Å²) in [6, 6.07) is 19.5. The largest absolute Gasteiger partial charge is 0.494 e. The lowest BCUT2D eigenvalue weighted by Gasteiger charge is -2.29. The first-order valence-electron chi connectivity index (χ1n) is 10.6. The molecule has 2 atom stereocenters. The Morgan fingerprint density at radius 1 is 1.03 bits per heavy atom. The molecule has 6 heteroatoms. The molecule has 0 N–H and O–H groups in total. The molecule has 2 aliphatic rings. The van der Waals surface area contributed by atoms with Crippen LogP contribution in [-0.2, 0) is 20.9 Å². The first-order valence-corrected chi connectivity index (χ1v) is 10.6. The van der Waals surface area contributed by atoms with Crippen LogP contribution < -0.4 is 4.74 Å². The molecule has 0 radical (unpaired) electrons. The highest BCUT2D eigenvalue weighted by atomic mass is 16.5. The highest BCUT2D eigenvalue weighted by Gasteiger charge is 2.42. The van der Waals surface area contributed by atoms with Crippen molar-refractivity contribution in [3.8, 4) is 5.75 Å². The summed E-state index contributed by atoms with van der Waals surface area (Å²) in [6.07, 6.45) is 1.36. The number of benzene rings is 2. The van der Waals surface area contributed by atoms with Crippen LogP contribution in [0.4, 0.5) is 0 Å². The zero-order valence-electron chi connectivity index (χ0n) is 17.1. The zero-order chi connectivity index (χ0) is 20.8. The van der Waals surface area contributed by atoms with Gasteiger partial charge in [0.25, 0.3) is 0 Å². The quantitative estimate of drug-likeness (QED) is 0.661. The standard InChI is InChI=1S/C24H28N2O4/c27-23(12-7-14-29-20-10-5-2-6-11-20)25-17-21-22(18-25)30-15-13-24(28)26(21)16-19-8-3-1-4-9-19/h1-6,8-11,21-22H,7,12-18H2/t21-,22-/m0/s1. The maximum Gasteiger partial charge on any atom is 0.225 e. The smallest absolute Gasteiger partial charge is 0.225 e. The second kappa shape index (κ2) is 9.76. The van der Waals surface area contributed by atoms with Crippen molar-refractivity contribution in [2.45, 2.75) is 38.0 Å². The van der Waals surface area contributed by atoms with Gasteiger partial charge in [0.05, 0.1) is 31.8 Å².